The van der Waals surface area contributed by atoms with Crippen LogP contribution >= 0.6 is 0 Å². The predicted molar refractivity (Wildman–Crippen MR) is 96.1 cm³/mol. The van der Waals surface area contributed by atoms with Crippen molar-refractivity contribution >= 4 is 23.4 Å². The predicted octanol–water partition coefficient (Wildman–Crippen LogP) is 1.78. The molecule has 1 fully saturated rings. The monoisotopic (exact) mass is 382 g/mol. The summed E-state index contributed by atoms with van der Waals surface area (Å²) < 4.78 is 14.5. The number of carboxylic acids is 1. The van der Waals surface area contributed by atoms with E-state index in [2.05, 4.69) is 0 Å². The van der Waals surface area contributed by atoms with Gasteiger partial charge in [-0.1, -0.05) is 48.5 Å². The second-order valence-electron chi connectivity index (χ2n) is 6.36. The van der Waals surface area contributed by atoms with Crippen LogP contribution in [0.3, 0.4) is 0 Å². The van der Waals surface area contributed by atoms with E-state index in [0.717, 1.165) is 4.90 Å². The number of carboxylic acid groups (broad SMARTS) is 1. The van der Waals surface area contributed by atoms with Crippen molar-refractivity contribution in [3.8, 4) is 0 Å². The van der Waals surface area contributed by atoms with Crippen molar-refractivity contribution in [1.29, 1.82) is 0 Å². The van der Waals surface area contributed by atoms with Gasteiger partial charge in [0.25, 0.3) is 11.7 Å². The van der Waals surface area contributed by atoms with E-state index in [1.54, 1.807) is 36.4 Å². The minimum Gasteiger partial charge on any atom is -0.550 e. The zero-order valence-corrected chi connectivity index (χ0v) is 14.8. The molecule has 1 atom stereocenters. The molecule has 0 bridgehead atoms. The fraction of sp³-hybridized carbons (Fsp3) is 0.190. The number of nitrogens with zero attached hydrogens (tertiary/aromatic N) is 1. The Morgan fingerprint density at radius 1 is 1.07 bits per heavy atom. The van der Waals surface area contributed by atoms with Crippen molar-refractivity contribution in [3.05, 3.63) is 77.1 Å². The van der Waals surface area contributed by atoms with E-state index in [0.29, 0.717) is 5.56 Å². The van der Waals surface area contributed by atoms with E-state index in [1.807, 2.05) is 0 Å². The second-order valence-corrected chi connectivity index (χ2v) is 6.36. The molecule has 1 amide bonds. The van der Waals surface area contributed by atoms with Gasteiger partial charge < -0.3 is 19.9 Å². The summed E-state index contributed by atoms with van der Waals surface area (Å²) >= 11 is 0. The summed E-state index contributed by atoms with van der Waals surface area (Å²) in [6.07, 6.45) is -0.280. The van der Waals surface area contributed by atoms with E-state index in [-0.39, 0.29) is 30.5 Å². The number of aliphatic hydroxyl groups is 1. The maximum Gasteiger partial charge on any atom is 0.295 e. The zero-order chi connectivity index (χ0) is 20.3. The number of Topliss-reactive ketones (excluding diaryl/α,β-unsaturated/α-hetero) is 1. The molecule has 1 saturated heterocycles. The SMILES string of the molecule is O=C([O-])CCCN1C(=O)C(=O)C(=C(O)c2ccccc2)C1c1ccccc1F. The minimum absolute atomic E-state index is 0.0334. The lowest BCUT2D eigenvalue weighted by Crippen LogP contribution is -2.32. The van der Waals surface area contributed by atoms with Crippen LogP contribution in [0.15, 0.2) is 60.2 Å². The number of carbonyl (C=O) groups excluding carboxylic acids is 3. The Labute approximate surface area is 160 Å². The first-order chi connectivity index (χ1) is 13.4. The molecule has 1 aliphatic rings. The highest BCUT2D eigenvalue weighted by Crippen LogP contribution is 2.40. The average Bonchev–Trinajstić information content (AvgIpc) is 2.93. The first kappa shape index (κ1) is 19.3. The van der Waals surface area contributed by atoms with Crippen molar-refractivity contribution in [1.82, 2.24) is 4.90 Å². The van der Waals surface area contributed by atoms with E-state index in [1.165, 1.54) is 18.2 Å². The number of aliphatic carboxylic acids is 1. The van der Waals surface area contributed by atoms with Crippen LogP contribution in [0.1, 0.15) is 30.0 Å². The lowest BCUT2D eigenvalue weighted by Gasteiger charge is -2.25. The normalized spacial score (nSPS) is 18.5. The van der Waals surface area contributed by atoms with Crippen LogP contribution in [-0.2, 0) is 14.4 Å². The second kappa shape index (κ2) is 8.04. The summed E-state index contributed by atoms with van der Waals surface area (Å²) in [7, 11) is 0. The van der Waals surface area contributed by atoms with Crippen LogP contribution in [0.5, 0.6) is 0 Å². The Hall–Kier alpha value is -3.48. The molecular weight excluding hydrogens is 365 g/mol. The molecule has 0 saturated carbocycles. The standard InChI is InChI=1S/C21H18FNO5/c22-15-10-5-4-9-14(15)18-17(19(26)13-7-2-1-3-8-13)20(27)21(28)23(18)12-6-11-16(24)25/h1-5,7-10,18,26H,6,11-12H2,(H,24,25)/p-1. The summed E-state index contributed by atoms with van der Waals surface area (Å²) in [6, 6.07) is 12.7. The lowest BCUT2D eigenvalue weighted by molar-refractivity contribution is -0.305. The average molecular weight is 382 g/mol. The Kier molecular flexibility index (Phi) is 5.54. The highest BCUT2D eigenvalue weighted by molar-refractivity contribution is 6.46. The molecule has 2 aromatic carbocycles. The lowest BCUT2D eigenvalue weighted by atomic mass is 9.95. The Morgan fingerprint density at radius 3 is 2.36 bits per heavy atom. The van der Waals surface area contributed by atoms with E-state index in [9.17, 15) is 29.0 Å². The van der Waals surface area contributed by atoms with Crippen molar-refractivity contribution in [3.63, 3.8) is 0 Å². The molecule has 3 rings (SSSR count). The zero-order valence-electron chi connectivity index (χ0n) is 14.8. The highest BCUT2D eigenvalue weighted by Gasteiger charge is 2.46. The number of halogens is 1. The molecule has 1 heterocycles. The molecule has 2 aromatic rings. The molecular formula is C21H17FNO5-. The van der Waals surface area contributed by atoms with Gasteiger partial charge in [0.05, 0.1) is 11.6 Å². The third kappa shape index (κ3) is 3.64. The Morgan fingerprint density at radius 2 is 1.71 bits per heavy atom. The molecule has 28 heavy (non-hydrogen) atoms. The fourth-order valence-electron chi connectivity index (χ4n) is 3.28. The van der Waals surface area contributed by atoms with Gasteiger partial charge in [0.2, 0.25) is 0 Å². The van der Waals surface area contributed by atoms with Gasteiger partial charge in [0.1, 0.15) is 11.6 Å². The van der Waals surface area contributed by atoms with Crippen LogP contribution in [0, 0.1) is 5.82 Å². The van der Waals surface area contributed by atoms with Crippen LogP contribution in [-0.4, -0.2) is 34.2 Å². The van der Waals surface area contributed by atoms with Gasteiger partial charge in [-0.3, -0.25) is 9.59 Å². The van der Waals surface area contributed by atoms with E-state index in [4.69, 9.17) is 0 Å². The third-order valence-corrected chi connectivity index (χ3v) is 4.57. The molecule has 0 aliphatic carbocycles. The molecule has 1 aliphatic heterocycles. The Bertz CT molecular complexity index is 954. The largest absolute Gasteiger partial charge is 0.550 e. The number of amides is 1. The summed E-state index contributed by atoms with van der Waals surface area (Å²) in [5.41, 5.74) is 0.138. The van der Waals surface area contributed by atoms with Crippen LogP contribution in [0.25, 0.3) is 5.76 Å². The maximum atomic E-state index is 14.5. The fourth-order valence-corrected chi connectivity index (χ4v) is 3.28. The van der Waals surface area contributed by atoms with E-state index < -0.39 is 35.3 Å². The van der Waals surface area contributed by atoms with Gasteiger partial charge >= 0.3 is 0 Å². The van der Waals surface area contributed by atoms with Crippen LogP contribution < -0.4 is 5.11 Å². The van der Waals surface area contributed by atoms with Crippen LogP contribution in [0.2, 0.25) is 0 Å². The number of aliphatic hydroxyl groups excluding tert-OH is 1. The molecule has 1 N–H and O–H groups in total. The summed E-state index contributed by atoms with van der Waals surface area (Å²) in [5.74, 6) is -4.19. The minimum atomic E-state index is -1.29. The summed E-state index contributed by atoms with van der Waals surface area (Å²) in [4.78, 5) is 37.0. The number of benzene rings is 2. The maximum absolute atomic E-state index is 14.5. The van der Waals surface area contributed by atoms with Gasteiger partial charge in [0, 0.05) is 23.6 Å². The number of ketones is 1. The molecule has 144 valence electrons. The molecule has 0 spiro atoms. The number of hydrogen-bond acceptors (Lipinski definition) is 5. The molecule has 0 radical (unpaired) electrons. The van der Waals surface area contributed by atoms with Crippen molar-refractivity contribution in [2.45, 2.75) is 18.9 Å². The van der Waals surface area contributed by atoms with Crippen molar-refractivity contribution < 1.29 is 29.0 Å². The quantitative estimate of drug-likeness (QED) is 0.467. The number of carbonyl (C=O) groups is 3. The van der Waals surface area contributed by atoms with Crippen molar-refractivity contribution in [2.75, 3.05) is 6.54 Å². The van der Waals surface area contributed by atoms with Gasteiger partial charge in [-0.2, -0.15) is 0 Å². The molecule has 1 unspecified atom stereocenters. The Balaban J connectivity index is 2.11. The highest BCUT2D eigenvalue weighted by atomic mass is 19.1. The number of hydrogen-bond donors (Lipinski definition) is 1. The van der Waals surface area contributed by atoms with Gasteiger partial charge in [-0.15, -0.1) is 0 Å². The third-order valence-electron chi connectivity index (χ3n) is 4.57. The smallest absolute Gasteiger partial charge is 0.295 e. The van der Waals surface area contributed by atoms with Crippen LogP contribution in [0.4, 0.5) is 4.39 Å². The van der Waals surface area contributed by atoms with Gasteiger partial charge in [-0.05, 0) is 18.9 Å². The summed E-state index contributed by atoms with van der Waals surface area (Å²) in [5, 5.41) is 21.4. The molecule has 6 nitrogen and oxygen atoms in total. The number of likely N-dealkylation sites (tertiary alicyclic amines) is 1. The first-order valence-corrected chi connectivity index (χ1v) is 8.70. The van der Waals surface area contributed by atoms with Gasteiger partial charge in [-0.25, -0.2) is 4.39 Å². The van der Waals surface area contributed by atoms with Crippen molar-refractivity contribution in [2.24, 2.45) is 0 Å². The molecule has 0 aromatic heterocycles. The molecule has 7 heteroatoms. The topological polar surface area (TPSA) is 97.7 Å². The van der Waals surface area contributed by atoms with E-state index >= 15 is 0 Å². The first-order valence-electron chi connectivity index (χ1n) is 8.70. The number of rotatable bonds is 6. The van der Waals surface area contributed by atoms with Gasteiger partial charge in [0.15, 0.2) is 0 Å². The summed E-state index contributed by atoms with van der Waals surface area (Å²) in [6.45, 7) is -0.0941.